The average molecular weight is 420 g/mol. The SMILES string of the molecule is COc1c2occc2c(OC)c2c(=O)c(CN3CCCCC3)c(-c3cccnc3)oc12. The van der Waals surface area contributed by atoms with Crippen LogP contribution < -0.4 is 14.9 Å². The van der Waals surface area contributed by atoms with E-state index in [9.17, 15) is 4.79 Å². The number of aromatic nitrogens is 1. The van der Waals surface area contributed by atoms with Crippen molar-refractivity contribution in [2.24, 2.45) is 0 Å². The van der Waals surface area contributed by atoms with E-state index in [0.717, 1.165) is 31.5 Å². The Morgan fingerprint density at radius 3 is 2.58 bits per heavy atom. The number of nitrogens with zero attached hydrogens (tertiary/aromatic N) is 2. The van der Waals surface area contributed by atoms with Gasteiger partial charge in [0.05, 0.1) is 31.4 Å². The topological polar surface area (TPSA) is 77.9 Å². The highest BCUT2D eigenvalue weighted by molar-refractivity contribution is 6.07. The van der Waals surface area contributed by atoms with Gasteiger partial charge >= 0.3 is 0 Å². The van der Waals surface area contributed by atoms with Crippen LogP contribution in [-0.2, 0) is 6.54 Å². The fourth-order valence-electron chi connectivity index (χ4n) is 4.45. The lowest BCUT2D eigenvalue weighted by Crippen LogP contribution is -2.31. The number of ether oxygens (including phenoxy) is 2. The van der Waals surface area contributed by atoms with Crippen molar-refractivity contribution < 1.29 is 18.3 Å². The largest absolute Gasteiger partial charge is 0.495 e. The minimum atomic E-state index is -0.121. The van der Waals surface area contributed by atoms with E-state index in [-0.39, 0.29) is 5.43 Å². The van der Waals surface area contributed by atoms with Gasteiger partial charge in [-0.2, -0.15) is 0 Å². The van der Waals surface area contributed by atoms with Gasteiger partial charge in [0.1, 0.15) is 16.9 Å². The second-order valence-electron chi connectivity index (χ2n) is 7.75. The number of hydrogen-bond acceptors (Lipinski definition) is 7. The van der Waals surface area contributed by atoms with E-state index in [0.29, 0.717) is 51.3 Å². The summed E-state index contributed by atoms with van der Waals surface area (Å²) in [5.74, 6) is 1.32. The quantitative estimate of drug-likeness (QED) is 0.467. The van der Waals surface area contributed by atoms with E-state index >= 15 is 0 Å². The number of benzene rings is 1. The van der Waals surface area contributed by atoms with Crippen LogP contribution in [0.15, 0.2) is 50.5 Å². The first-order valence-electron chi connectivity index (χ1n) is 10.5. The molecular weight excluding hydrogens is 396 g/mol. The molecule has 0 N–H and O–H groups in total. The molecule has 0 spiro atoms. The summed E-state index contributed by atoms with van der Waals surface area (Å²) in [6.45, 7) is 2.44. The van der Waals surface area contributed by atoms with Crippen LogP contribution in [0.3, 0.4) is 0 Å². The van der Waals surface area contributed by atoms with Gasteiger partial charge in [-0.3, -0.25) is 14.7 Å². The van der Waals surface area contributed by atoms with E-state index in [1.54, 1.807) is 31.8 Å². The molecule has 0 unspecified atom stereocenters. The van der Waals surface area contributed by atoms with Crippen molar-refractivity contribution in [1.82, 2.24) is 9.88 Å². The molecule has 31 heavy (non-hydrogen) atoms. The Hall–Kier alpha value is -3.32. The summed E-state index contributed by atoms with van der Waals surface area (Å²) in [6, 6.07) is 5.50. The van der Waals surface area contributed by atoms with E-state index in [2.05, 4.69) is 9.88 Å². The first-order valence-corrected chi connectivity index (χ1v) is 10.5. The smallest absolute Gasteiger partial charge is 0.206 e. The zero-order valence-electron chi connectivity index (χ0n) is 17.6. The van der Waals surface area contributed by atoms with Crippen LogP contribution in [0.25, 0.3) is 33.3 Å². The third kappa shape index (κ3) is 3.25. The second kappa shape index (κ2) is 8.07. The standard InChI is InChI=1S/C24H24N2O5/c1-28-21-16-8-12-30-22(16)24(29-2)23-18(21)19(27)17(14-26-10-4-3-5-11-26)20(31-23)15-7-6-9-25-13-15/h6-9,12-13H,3-5,10-11,14H2,1-2H3. The molecule has 1 saturated heterocycles. The average Bonchev–Trinajstić information content (AvgIpc) is 3.30. The van der Waals surface area contributed by atoms with Crippen molar-refractivity contribution in [1.29, 1.82) is 0 Å². The lowest BCUT2D eigenvalue weighted by atomic mass is 10.0. The lowest BCUT2D eigenvalue weighted by Gasteiger charge is -2.27. The molecule has 160 valence electrons. The molecule has 0 amide bonds. The fraction of sp³-hybridized carbons (Fsp3) is 0.333. The Morgan fingerprint density at radius 1 is 1.06 bits per heavy atom. The molecule has 0 radical (unpaired) electrons. The van der Waals surface area contributed by atoms with Crippen molar-refractivity contribution in [3.63, 3.8) is 0 Å². The molecule has 5 rings (SSSR count). The van der Waals surface area contributed by atoms with Crippen LogP contribution in [0.4, 0.5) is 0 Å². The Bertz CT molecular complexity index is 1290. The van der Waals surface area contributed by atoms with Gasteiger partial charge in [-0.15, -0.1) is 0 Å². The zero-order chi connectivity index (χ0) is 21.4. The first-order chi connectivity index (χ1) is 15.2. The van der Waals surface area contributed by atoms with Gasteiger partial charge in [-0.05, 0) is 44.1 Å². The maximum Gasteiger partial charge on any atom is 0.206 e. The number of pyridine rings is 1. The number of likely N-dealkylation sites (tertiary alicyclic amines) is 1. The predicted octanol–water partition coefficient (Wildman–Crippen LogP) is 4.60. The predicted molar refractivity (Wildman–Crippen MR) is 118 cm³/mol. The lowest BCUT2D eigenvalue weighted by molar-refractivity contribution is 0.219. The molecule has 0 aliphatic carbocycles. The van der Waals surface area contributed by atoms with Crippen LogP contribution in [0.5, 0.6) is 11.5 Å². The van der Waals surface area contributed by atoms with E-state index in [1.165, 1.54) is 13.5 Å². The number of fused-ring (bicyclic) bond motifs is 2. The van der Waals surface area contributed by atoms with Crippen molar-refractivity contribution in [3.05, 3.63) is 52.6 Å². The number of furan rings is 1. The number of hydrogen-bond donors (Lipinski definition) is 0. The molecular formula is C24H24N2O5. The van der Waals surface area contributed by atoms with Crippen molar-refractivity contribution >= 4 is 21.9 Å². The number of piperidine rings is 1. The molecule has 1 aliphatic rings. The van der Waals surface area contributed by atoms with E-state index in [4.69, 9.17) is 18.3 Å². The summed E-state index contributed by atoms with van der Waals surface area (Å²) in [6.07, 6.45) is 8.45. The number of methoxy groups -OCH3 is 2. The molecule has 0 saturated carbocycles. The maximum atomic E-state index is 13.9. The van der Waals surface area contributed by atoms with Gasteiger partial charge in [-0.1, -0.05) is 6.42 Å². The van der Waals surface area contributed by atoms with Gasteiger partial charge in [0.2, 0.25) is 11.2 Å². The maximum absolute atomic E-state index is 13.9. The van der Waals surface area contributed by atoms with Crippen molar-refractivity contribution in [2.45, 2.75) is 25.8 Å². The highest BCUT2D eigenvalue weighted by Crippen LogP contribution is 2.43. The Morgan fingerprint density at radius 2 is 1.87 bits per heavy atom. The highest BCUT2D eigenvalue weighted by atomic mass is 16.5. The zero-order valence-corrected chi connectivity index (χ0v) is 17.6. The monoisotopic (exact) mass is 420 g/mol. The second-order valence-corrected chi connectivity index (χ2v) is 7.75. The van der Waals surface area contributed by atoms with Crippen LogP contribution in [-0.4, -0.2) is 37.2 Å². The van der Waals surface area contributed by atoms with E-state index < -0.39 is 0 Å². The molecule has 7 nitrogen and oxygen atoms in total. The molecule has 4 heterocycles. The third-order valence-corrected chi connectivity index (χ3v) is 5.92. The summed E-state index contributed by atoms with van der Waals surface area (Å²) >= 11 is 0. The van der Waals surface area contributed by atoms with Gasteiger partial charge in [0.25, 0.3) is 0 Å². The molecule has 3 aromatic heterocycles. The normalized spacial score (nSPS) is 14.9. The molecule has 1 aromatic carbocycles. The van der Waals surface area contributed by atoms with Crippen LogP contribution in [0.1, 0.15) is 24.8 Å². The number of rotatable bonds is 5. The van der Waals surface area contributed by atoms with Gasteiger partial charge in [0.15, 0.2) is 11.2 Å². The Labute approximate surface area is 179 Å². The fourth-order valence-corrected chi connectivity index (χ4v) is 4.45. The van der Waals surface area contributed by atoms with Gasteiger partial charge < -0.3 is 18.3 Å². The minimum absolute atomic E-state index is 0.121. The third-order valence-electron chi connectivity index (χ3n) is 5.92. The summed E-state index contributed by atoms with van der Waals surface area (Å²) in [7, 11) is 3.08. The molecule has 7 heteroatoms. The van der Waals surface area contributed by atoms with Crippen molar-refractivity contribution in [3.8, 4) is 22.8 Å². The molecule has 4 aromatic rings. The van der Waals surface area contributed by atoms with Crippen molar-refractivity contribution in [2.75, 3.05) is 27.3 Å². The van der Waals surface area contributed by atoms with Crippen LogP contribution in [0.2, 0.25) is 0 Å². The minimum Gasteiger partial charge on any atom is -0.495 e. The molecule has 1 fully saturated rings. The summed E-state index contributed by atoms with van der Waals surface area (Å²) in [4.78, 5) is 20.5. The Kier molecular flexibility index (Phi) is 5.11. The molecule has 1 aliphatic heterocycles. The first kappa shape index (κ1) is 19.6. The van der Waals surface area contributed by atoms with Gasteiger partial charge in [-0.25, -0.2) is 0 Å². The highest BCUT2D eigenvalue weighted by Gasteiger charge is 2.27. The van der Waals surface area contributed by atoms with Crippen LogP contribution >= 0.6 is 0 Å². The van der Waals surface area contributed by atoms with Gasteiger partial charge in [0, 0.05) is 24.5 Å². The van der Waals surface area contributed by atoms with E-state index in [1.807, 2.05) is 12.1 Å². The summed E-state index contributed by atoms with van der Waals surface area (Å²) in [5.41, 5.74) is 2.02. The molecule has 0 bridgehead atoms. The van der Waals surface area contributed by atoms with Crippen LogP contribution in [0, 0.1) is 0 Å². The molecule has 0 atom stereocenters. The summed E-state index contributed by atoms with van der Waals surface area (Å²) < 4.78 is 23.3. The summed E-state index contributed by atoms with van der Waals surface area (Å²) in [5, 5.41) is 1.05. The Balaban J connectivity index is 1.85.